The molecule has 0 aliphatic carbocycles. The highest BCUT2D eigenvalue weighted by molar-refractivity contribution is 7.89. The van der Waals surface area contributed by atoms with Gasteiger partial charge in [-0.05, 0) is 19.9 Å². The molecule has 122 valence electrons. The summed E-state index contributed by atoms with van der Waals surface area (Å²) in [5.41, 5.74) is 1.75. The molecule has 1 N–H and O–H groups in total. The van der Waals surface area contributed by atoms with Crippen LogP contribution in [0.4, 0.5) is 0 Å². The number of piperazine rings is 1. The minimum absolute atomic E-state index is 0. The number of hydrogen-bond acceptors (Lipinski definition) is 3. The van der Waals surface area contributed by atoms with Crippen molar-refractivity contribution in [2.45, 2.75) is 24.8 Å². The Hall–Kier alpha value is -1.08. The van der Waals surface area contributed by atoms with Crippen LogP contribution in [0.5, 0.6) is 0 Å². The first kappa shape index (κ1) is 17.3. The van der Waals surface area contributed by atoms with Gasteiger partial charge in [0.25, 0.3) is 0 Å². The molecule has 1 aromatic carbocycles. The summed E-state index contributed by atoms with van der Waals surface area (Å²) in [6.45, 7) is 5.74. The number of benzene rings is 1. The highest BCUT2D eigenvalue weighted by atomic mass is 35.5. The van der Waals surface area contributed by atoms with Crippen LogP contribution in [0.2, 0.25) is 0 Å². The van der Waals surface area contributed by atoms with Crippen molar-refractivity contribution in [3.05, 3.63) is 30.0 Å². The molecule has 1 saturated heterocycles. The topological polar surface area (TPSA) is 54.3 Å². The maximum atomic E-state index is 13.1. The molecule has 1 fully saturated rings. The van der Waals surface area contributed by atoms with Crippen molar-refractivity contribution in [2.75, 3.05) is 19.6 Å². The monoisotopic (exact) mass is 343 g/mol. The predicted molar refractivity (Wildman–Crippen MR) is 91.1 cm³/mol. The Balaban J connectivity index is 0.00000176. The molecule has 3 rings (SSSR count). The van der Waals surface area contributed by atoms with E-state index in [0.29, 0.717) is 24.5 Å². The summed E-state index contributed by atoms with van der Waals surface area (Å²) in [4.78, 5) is 0.453. The molecule has 22 heavy (non-hydrogen) atoms. The van der Waals surface area contributed by atoms with Gasteiger partial charge in [-0.1, -0.05) is 18.2 Å². The molecule has 0 spiro atoms. The molecule has 0 radical (unpaired) electrons. The van der Waals surface area contributed by atoms with Gasteiger partial charge in [0.2, 0.25) is 10.0 Å². The zero-order chi connectivity index (χ0) is 15.2. The average Bonchev–Trinajstić information content (AvgIpc) is 2.72. The lowest BCUT2D eigenvalue weighted by molar-refractivity contribution is 0.284. The van der Waals surface area contributed by atoms with Gasteiger partial charge in [0.1, 0.15) is 4.90 Å². The molecule has 5 nitrogen and oxygen atoms in total. The number of fused-ring (bicyclic) bond motifs is 1. The molecular formula is C15H22ClN3O2S. The molecule has 0 bridgehead atoms. The molecule has 2 heterocycles. The van der Waals surface area contributed by atoms with Crippen LogP contribution in [0.15, 0.2) is 29.2 Å². The van der Waals surface area contributed by atoms with Crippen molar-refractivity contribution >= 4 is 33.3 Å². The molecule has 1 aliphatic rings. The van der Waals surface area contributed by atoms with Crippen molar-refractivity contribution in [2.24, 2.45) is 7.05 Å². The minimum atomic E-state index is -3.48. The van der Waals surface area contributed by atoms with Crippen LogP contribution >= 0.6 is 12.4 Å². The number of para-hydroxylation sites is 1. The van der Waals surface area contributed by atoms with E-state index in [0.717, 1.165) is 16.6 Å². The van der Waals surface area contributed by atoms with Gasteiger partial charge >= 0.3 is 0 Å². The standard InChI is InChI=1S/C15H21N3O2S.ClH/c1-11-10-16-8-9-18(11)21(19,20)15-12(2)17(3)14-7-5-4-6-13(14)15;/h4-7,11,16H,8-10H2,1-3H3;1H/t11-;/m0./s1. The number of sulfonamides is 1. The van der Waals surface area contributed by atoms with E-state index in [1.54, 1.807) is 4.31 Å². The summed E-state index contributed by atoms with van der Waals surface area (Å²) in [6.07, 6.45) is 0. The van der Waals surface area contributed by atoms with Crippen molar-refractivity contribution in [3.8, 4) is 0 Å². The van der Waals surface area contributed by atoms with Crippen molar-refractivity contribution in [3.63, 3.8) is 0 Å². The van der Waals surface area contributed by atoms with E-state index in [-0.39, 0.29) is 18.4 Å². The summed E-state index contributed by atoms with van der Waals surface area (Å²) in [6, 6.07) is 7.65. The summed E-state index contributed by atoms with van der Waals surface area (Å²) in [5.74, 6) is 0. The fourth-order valence-electron chi connectivity index (χ4n) is 3.11. The van der Waals surface area contributed by atoms with Crippen LogP contribution in [0.1, 0.15) is 12.6 Å². The van der Waals surface area contributed by atoms with Crippen molar-refractivity contribution in [1.29, 1.82) is 0 Å². The second-order valence-corrected chi connectivity index (χ2v) is 7.49. The van der Waals surface area contributed by atoms with E-state index in [9.17, 15) is 8.42 Å². The second-order valence-electron chi connectivity index (χ2n) is 5.66. The molecule has 1 aliphatic heterocycles. The Morgan fingerprint density at radius 3 is 2.64 bits per heavy atom. The number of nitrogens with one attached hydrogen (secondary N) is 1. The summed E-state index contributed by atoms with van der Waals surface area (Å²) < 4.78 is 29.8. The van der Waals surface area contributed by atoms with Gasteiger partial charge in [-0.3, -0.25) is 0 Å². The third-order valence-corrected chi connectivity index (χ3v) is 6.54. The van der Waals surface area contributed by atoms with Crippen LogP contribution in [0.25, 0.3) is 10.9 Å². The fourth-order valence-corrected chi connectivity index (χ4v) is 5.18. The average molecular weight is 344 g/mol. The van der Waals surface area contributed by atoms with Crippen molar-refractivity contribution < 1.29 is 8.42 Å². The maximum absolute atomic E-state index is 13.1. The van der Waals surface area contributed by atoms with Crippen LogP contribution in [0, 0.1) is 6.92 Å². The molecule has 1 atom stereocenters. The second kappa shape index (κ2) is 6.20. The normalized spacial score (nSPS) is 20.0. The third kappa shape index (κ3) is 2.54. The molecule has 7 heteroatoms. The molecular weight excluding hydrogens is 322 g/mol. The first-order valence-corrected chi connectivity index (χ1v) is 8.65. The Morgan fingerprint density at radius 2 is 1.95 bits per heavy atom. The Morgan fingerprint density at radius 1 is 1.27 bits per heavy atom. The van der Waals surface area contributed by atoms with Gasteiger partial charge in [-0.15, -0.1) is 12.4 Å². The number of rotatable bonds is 2. The highest BCUT2D eigenvalue weighted by Gasteiger charge is 2.34. The number of aryl methyl sites for hydroxylation is 1. The number of aromatic nitrogens is 1. The van der Waals surface area contributed by atoms with E-state index in [4.69, 9.17) is 0 Å². The lowest BCUT2D eigenvalue weighted by atomic mass is 10.2. The molecule has 0 saturated carbocycles. The zero-order valence-corrected chi connectivity index (χ0v) is 14.7. The Bertz CT molecular complexity index is 785. The zero-order valence-electron chi connectivity index (χ0n) is 13.0. The smallest absolute Gasteiger partial charge is 0.245 e. The van der Waals surface area contributed by atoms with Gasteiger partial charge in [-0.25, -0.2) is 8.42 Å². The number of halogens is 1. The molecule has 0 unspecified atom stereocenters. The summed E-state index contributed by atoms with van der Waals surface area (Å²) in [5, 5.41) is 4.04. The van der Waals surface area contributed by atoms with E-state index < -0.39 is 10.0 Å². The van der Waals surface area contributed by atoms with E-state index in [2.05, 4.69) is 5.32 Å². The van der Waals surface area contributed by atoms with Crippen molar-refractivity contribution in [1.82, 2.24) is 14.2 Å². The summed E-state index contributed by atoms with van der Waals surface area (Å²) >= 11 is 0. The Kier molecular flexibility index (Phi) is 4.87. The molecule has 1 aromatic heterocycles. The lowest BCUT2D eigenvalue weighted by Crippen LogP contribution is -2.52. The minimum Gasteiger partial charge on any atom is -0.347 e. The maximum Gasteiger partial charge on any atom is 0.245 e. The number of nitrogens with zero attached hydrogens (tertiary/aromatic N) is 2. The highest BCUT2D eigenvalue weighted by Crippen LogP contribution is 2.32. The Labute approximate surface area is 137 Å². The summed E-state index contributed by atoms with van der Waals surface area (Å²) in [7, 11) is -1.56. The first-order chi connectivity index (χ1) is 9.94. The van der Waals surface area contributed by atoms with Gasteiger partial charge in [0, 0.05) is 49.3 Å². The van der Waals surface area contributed by atoms with Gasteiger partial charge in [0.15, 0.2) is 0 Å². The van der Waals surface area contributed by atoms with Gasteiger partial charge in [-0.2, -0.15) is 4.31 Å². The van der Waals surface area contributed by atoms with E-state index >= 15 is 0 Å². The number of hydrogen-bond donors (Lipinski definition) is 1. The van der Waals surface area contributed by atoms with Crippen LogP contribution < -0.4 is 5.32 Å². The lowest BCUT2D eigenvalue weighted by Gasteiger charge is -2.32. The quantitative estimate of drug-likeness (QED) is 0.906. The predicted octanol–water partition coefficient (Wildman–Crippen LogP) is 1.89. The van der Waals surface area contributed by atoms with Crippen LogP contribution in [0.3, 0.4) is 0 Å². The van der Waals surface area contributed by atoms with Gasteiger partial charge < -0.3 is 9.88 Å². The van der Waals surface area contributed by atoms with Gasteiger partial charge in [0.05, 0.1) is 0 Å². The fraction of sp³-hybridized carbons (Fsp3) is 0.467. The van der Waals surface area contributed by atoms with Crippen LogP contribution in [-0.4, -0.2) is 43.0 Å². The van der Waals surface area contributed by atoms with E-state index in [1.165, 1.54) is 0 Å². The first-order valence-electron chi connectivity index (χ1n) is 7.21. The van der Waals surface area contributed by atoms with Crippen LogP contribution in [-0.2, 0) is 17.1 Å². The largest absolute Gasteiger partial charge is 0.347 e. The van der Waals surface area contributed by atoms with E-state index in [1.807, 2.05) is 49.7 Å². The molecule has 2 aromatic rings. The SMILES string of the molecule is Cc1c(S(=O)(=O)N2CCNC[C@@H]2C)c2ccccc2n1C.Cl. The third-order valence-electron chi connectivity index (χ3n) is 4.35. The molecule has 0 amide bonds.